The van der Waals surface area contributed by atoms with Crippen molar-refractivity contribution < 1.29 is 13.2 Å². The minimum Gasteiger partial charge on any atom is -0.325 e. The van der Waals surface area contributed by atoms with Crippen LogP contribution in [0.5, 0.6) is 0 Å². The van der Waals surface area contributed by atoms with E-state index in [4.69, 9.17) is 11.6 Å². The maximum absolute atomic E-state index is 12.6. The van der Waals surface area contributed by atoms with E-state index in [0.717, 1.165) is 17.7 Å². The Labute approximate surface area is 175 Å². The number of nitrogens with one attached hydrogen (secondary N) is 1. The van der Waals surface area contributed by atoms with E-state index in [1.54, 1.807) is 36.4 Å². The number of sulfonamides is 1. The fourth-order valence-corrected chi connectivity index (χ4v) is 5.61. The van der Waals surface area contributed by atoms with Crippen LogP contribution in [0.1, 0.15) is 26.2 Å². The molecule has 1 heterocycles. The molecule has 150 valence electrons. The lowest BCUT2D eigenvalue weighted by Gasteiger charge is -2.17. The number of anilines is 1. The highest BCUT2D eigenvalue weighted by Crippen LogP contribution is 2.28. The summed E-state index contributed by atoms with van der Waals surface area (Å²) >= 11 is 7.38. The van der Waals surface area contributed by atoms with Gasteiger partial charge in [-0.05, 0) is 67.8 Å². The smallest absolute Gasteiger partial charge is 0.243 e. The van der Waals surface area contributed by atoms with E-state index in [1.807, 2.05) is 19.1 Å². The van der Waals surface area contributed by atoms with Crippen LogP contribution >= 0.6 is 23.4 Å². The predicted molar refractivity (Wildman–Crippen MR) is 114 cm³/mol. The summed E-state index contributed by atoms with van der Waals surface area (Å²) in [5.74, 6) is -0.113. The molecule has 2 aromatic rings. The molecule has 2 aromatic carbocycles. The van der Waals surface area contributed by atoms with Crippen molar-refractivity contribution in [1.82, 2.24) is 4.31 Å². The van der Waals surface area contributed by atoms with Crippen molar-refractivity contribution in [2.24, 2.45) is 0 Å². The molecule has 0 aliphatic carbocycles. The summed E-state index contributed by atoms with van der Waals surface area (Å²) in [5, 5.41) is 3.28. The predicted octanol–water partition coefficient (Wildman–Crippen LogP) is 4.63. The average Bonchev–Trinajstić information content (AvgIpc) is 3.23. The maximum atomic E-state index is 12.6. The van der Waals surface area contributed by atoms with Gasteiger partial charge in [-0.2, -0.15) is 4.31 Å². The topological polar surface area (TPSA) is 66.5 Å². The van der Waals surface area contributed by atoms with Crippen LogP contribution in [0.15, 0.2) is 58.3 Å². The molecule has 28 heavy (non-hydrogen) atoms. The van der Waals surface area contributed by atoms with Gasteiger partial charge in [0.1, 0.15) is 0 Å². The highest BCUT2D eigenvalue weighted by molar-refractivity contribution is 8.00. The summed E-state index contributed by atoms with van der Waals surface area (Å²) in [6.07, 6.45) is 2.47. The van der Waals surface area contributed by atoms with Gasteiger partial charge in [0.05, 0.1) is 10.1 Å². The highest BCUT2D eigenvalue weighted by Gasteiger charge is 2.27. The summed E-state index contributed by atoms with van der Waals surface area (Å²) in [7, 11) is -3.44. The molecule has 1 fully saturated rings. The van der Waals surface area contributed by atoms with Gasteiger partial charge < -0.3 is 5.32 Å². The lowest BCUT2D eigenvalue weighted by Crippen LogP contribution is -2.28. The molecule has 5 nitrogen and oxygen atoms in total. The van der Waals surface area contributed by atoms with Crippen molar-refractivity contribution in [1.29, 1.82) is 0 Å². The fourth-order valence-electron chi connectivity index (χ4n) is 3.01. The molecular weight excluding hydrogens is 416 g/mol. The van der Waals surface area contributed by atoms with Gasteiger partial charge in [0.25, 0.3) is 0 Å². The molecule has 1 N–H and O–H groups in total. The first kappa shape index (κ1) is 21.2. The average molecular weight is 439 g/mol. The molecule has 0 unspecified atom stereocenters. The molecule has 0 aromatic heterocycles. The van der Waals surface area contributed by atoms with Gasteiger partial charge >= 0.3 is 0 Å². The van der Waals surface area contributed by atoms with E-state index in [-0.39, 0.29) is 16.1 Å². The second-order valence-corrected chi connectivity index (χ2v) is 10.2. The van der Waals surface area contributed by atoms with Crippen LogP contribution in [0.2, 0.25) is 5.02 Å². The van der Waals surface area contributed by atoms with Crippen molar-refractivity contribution >= 4 is 45.0 Å². The van der Waals surface area contributed by atoms with Crippen molar-refractivity contribution in [3.8, 4) is 0 Å². The monoisotopic (exact) mass is 438 g/mol. The summed E-state index contributed by atoms with van der Waals surface area (Å²) in [6, 6.07) is 13.8. The fraction of sp³-hybridized carbons (Fsp3) is 0.350. The Morgan fingerprint density at radius 2 is 1.71 bits per heavy atom. The zero-order valence-electron chi connectivity index (χ0n) is 15.6. The summed E-state index contributed by atoms with van der Waals surface area (Å²) < 4.78 is 26.7. The molecule has 1 saturated heterocycles. The highest BCUT2D eigenvalue weighted by atomic mass is 35.5. The van der Waals surface area contributed by atoms with Crippen molar-refractivity contribution in [3.05, 3.63) is 53.6 Å². The first-order valence-corrected chi connectivity index (χ1v) is 11.9. The van der Waals surface area contributed by atoms with Crippen LogP contribution < -0.4 is 5.32 Å². The molecule has 3 rings (SSSR count). The van der Waals surface area contributed by atoms with E-state index in [1.165, 1.54) is 16.1 Å². The molecule has 0 radical (unpaired) electrons. The molecule has 0 bridgehead atoms. The number of carbonyl (C=O) groups excluding carboxylic acids is 1. The van der Waals surface area contributed by atoms with Crippen molar-refractivity contribution in [3.63, 3.8) is 0 Å². The van der Waals surface area contributed by atoms with Crippen LogP contribution in [-0.4, -0.2) is 37.0 Å². The number of rotatable bonds is 7. The number of halogens is 1. The summed E-state index contributed by atoms with van der Waals surface area (Å²) in [4.78, 5) is 13.9. The third-order valence-electron chi connectivity index (χ3n) is 4.58. The van der Waals surface area contributed by atoms with Crippen molar-refractivity contribution in [2.75, 3.05) is 18.4 Å². The largest absolute Gasteiger partial charge is 0.325 e. The second kappa shape index (κ2) is 9.31. The zero-order valence-corrected chi connectivity index (χ0v) is 18.0. The van der Waals surface area contributed by atoms with Gasteiger partial charge in [-0.15, -0.1) is 11.8 Å². The molecule has 1 aliphatic heterocycles. The third kappa shape index (κ3) is 5.08. The number of benzene rings is 2. The Morgan fingerprint density at radius 3 is 2.29 bits per heavy atom. The third-order valence-corrected chi connectivity index (χ3v) is 8.12. The van der Waals surface area contributed by atoms with Gasteiger partial charge in [-0.1, -0.05) is 18.5 Å². The lowest BCUT2D eigenvalue weighted by atomic mass is 10.3. The Balaban J connectivity index is 1.65. The van der Waals surface area contributed by atoms with E-state index < -0.39 is 10.0 Å². The quantitative estimate of drug-likeness (QED) is 0.640. The lowest BCUT2D eigenvalue weighted by molar-refractivity contribution is -0.115. The summed E-state index contributed by atoms with van der Waals surface area (Å²) in [6.45, 7) is 3.10. The van der Waals surface area contributed by atoms with E-state index >= 15 is 0 Å². The first-order chi connectivity index (χ1) is 13.4. The van der Waals surface area contributed by atoms with Crippen LogP contribution in [-0.2, 0) is 14.8 Å². The molecule has 0 saturated carbocycles. The van der Waals surface area contributed by atoms with Gasteiger partial charge in [0.2, 0.25) is 15.9 Å². The Kier molecular flexibility index (Phi) is 7.04. The van der Waals surface area contributed by atoms with E-state index in [0.29, 0.717) is 30.2 Å². The SMILES string of the molecule is CC[C@H](Sc1ccc(Cl)cc1)C(=O)Nc1ccc(S(=O)(=O)N2CCCC2)cc1. The molecule has 1 atom stereocenters. The van der Waals surface area contributed by atoms with Gasteiger partial charge in [0, 0.05) is 28.7 Å². The number of hydrogen-bond donors (Lipinski definition) is 1. The van der Waals surface area contributed by atoms with Crippen LogP contribution in [0.4, 0.5) is 5.69 Å². The van der Waals surface area contributed by atoms with E-state index in [9.17, 15) is 13.2 Å². The Bertz CT molecular complexity index is 909. The molecule has 1 aliphatic rings. The molecule has 1 amide bonds. The molecular formula is C20H23ClN2O3S2. The van der Waals surface area contributed by atoms with Gasteiger partial charge in [-0.25, -0.2) is 8.42 Å². The van der Waals surface area contributed by atoms with Gasteiger partial charge in [-0.3, -0.25) is 4.79 Å². The Hall–Kier alpha value is -1.54. The normalized spacial score (nSPS) is 16.1. The number of carbonyl (C=O) groups is 1. The number of amides is 1. The zero-order chi connectivity index (χ0) is 20.1. The second-order valence-electron chi connectivity index (χ2n) is 6.59. The first-order valence-electron chi connectivity index (χ1n) is 9.23. The van der Waals surface area contributed by atoms with Crippen LogP contribution in [0, 0.1) is 0 Å². The number of nitrogens with zero attached hydrogens (tertiary/aromatic N) is 1. The molecule has 8 heteroatoms. The minimum atomic E-state index is -3.44. The minimum absolute atomic E-state index is 0.113. The number of hydrogen-bond acceptors (Lipinski definition) is 4. The molecule has 0 spiro atoms. The number of thioether (sulfide) groups is 1. The van der Waals surface area contributed by atoms with Crippen LogP contribution in [0.25, 0.3) is 0 Å². The maximum Gasteiger partial charge on any atom is 0.243 e. The standard InChI is InChI=1S/C20H23ClN2O3S2/c1-2-19(27-17-9-5-15(21)6-10-17)20(24)22-16-7-11-18(12-8-16)28(25,26)23-13-3-4-14-23/h5-12,19H,2-4,13-14H2,1H3,(H,22,24)/t19-/m0/s1. The van der Waals surface area contributed by atoms with E-state index in [2.05, 4.69) is 5.32 Å². The van der Waals surface area contributed by atoms with Crippen LogP contribution in [0.3, 0.4) is 0 Å². The van der Waals surface area contributed by atoms with Crippen molar-refractivity contribution in [2.45, 2.75) is 41.2 Å². The Morgan fingerprint density at radius 1 is 1.11 bits per heavy atom. The summed E-state index contributed by atoms with van der Waals surface area (Å²) in [5.41, 5.74) is 0.584. The van der Waals surface area contributed by atoms with Gasteiger partial charge in [0.15, 0.2) is 0 Å².